The molecule has 1 aromatic carbocycles. The Kier molecular flexibility index (Phi) is 8.30. The maximum absolute atomic E-state index is 13.2. The number of ether oxygens (including phenoxy) is 2. The quantitative estimate of drug-likeness (QED) is 0.457. The van der Waals surface area contributed by atoms with Crippen molar-refractivity contribution in [3.63, 3.8) is 0 Å². The van der Waals surface area contributed by atoms with E-state index in [-0.39, 0.29) is 30.9 Å². The van der Waals surface area contributed by atoms with Crippen molar-refractivity contribution < 1.29 is 19.1 Å². The number of carbonyl (C=O) groups excluding carboxylic acids is 2. The molecule has 1 N–H and O–H groups in total. The van der Waals surface area contributed by atoms with Gasteiger partial charge in [0, 0.05) is 16.5 Å². The minimum absolute atomic E-state index is 0.00946. The summed E-state index contributed by atoms with van der Waals surface area (Å²) in [6, 6.07) is 9.37. The zero-order valence-electron chi connectivity index (χ0n) is 20.0. The molecule has 2 heterocycles. The molecule has 4 rings (SSSR count). The Labute approximate surface area is 208 Å². The molecule has 0 radical (unpaired) electrons. The van der Waals surface area contributed by atoms with E-state index in [2.05, 4.69) is 20.7 Å². The van der Waals surface area contributed by atoms with Crippen LogP contribution >= 0.6 is 11.3 Å². The SMILES string of the molecule is COc1ccc(-c2nnn(CC(=O)N(CC(=O)NC3CCCCC3)Cc3cccs3)n2)cc1OC. The van der Waals surface area contributed by atoms with Gasteiger partial charge in [0.1, 0.15) is 6.54 Å². The summed E-state index contributed by atoms with van der Waals surface area (Å²) in [6.07, 6.45) is 5.46. The van der Waals surface area contributed by atoms with Crippen molar-refractivity contribution in [1.82, 2.24) is 30.4 Å². The molecule has 0 spiro atoms. The number of benzene rings is 1. The van der Waals surface area contributed by atoms with Gasteiger partial charge in [-0.15, -0.1) is 21.5 Å². The van der Waals surface area contributed by atoms with Gasteiger partial charge in [-0.25, -0.2) is 0 Å². The van der Waals surface area contributed by atoms with E-state index < -0.39 is 0 Å². The predicted molar refractivity (Wildman–Crippen MR) is 131 cm³/mol. The predicted octanol–water partition coefficient (Wildman–Crippen LogP) is 2.90. The first kappa shape index (κ1) is 24.6. The molecule has 2 aromatic heterocycles. The van der Waals surface area contributed by atoms with Gasteiger partial charge in [-0.2, -0.15) is 4.80 Å². The minimum atomic E-state index is -0.256. The third-order valence-electron chi connectivity index (χ3n) is 5.96. The van der Waals surface area contributed by atoms with Gasteiger partial charge in [0.15, 0.2) is 11.5 Å². The van der Waals surface area contributed by atoms with Crippen LogP contribution in [-0.2, 0) is 22.7 Å². The molecule has 0 atom stereocenters. The summed E-state index contributed by atoms with van der Waals surface area (Å²) in [6.45, 7) is 0.221. The second-order valence-corrected chi connectivity index (χ2v) is 9.48. The highest BCUT2D eigenvalue weighted by Crippen LogP contribution is 2.30. The van der Waals surface area contributed by atoms with E-state index in [1.165, 1.54) is 11.2 Å². The number of amides is 2. The highest BCUT2D eigenvalue weighted by atomic mass is 32.1. The molecule has 35 heavy (non-hydrogen) atoms. The Balaban J connectivity index is 1.43. The van der Waals surface area contributed by atoms with Gasteiger partial charge in [0.25, 0.3) is 0 Å². The van der Waals surface area contributed by atoms with Crippen molar-refractivity contribution >= 4 is 23.2 Å². The number of hydrogen-bond donors (Lipinski definition) is 1. The lowest BCUT2D eigenvalue weighted by Crippen LogP contribution is -2.45. The molecule has 0 unspecified atom stereocenters. The van der Waals surface area contributed by atoms with Crippen LogP contribution in [0.5, 0.6) is 11.5 Å². The molecule has 3 aromatic rings. The van der Waals surface area contributed by atoms with Crippen LogP contribution in [0.15, 0.2) is 35.7 Å². The van der Waals surface area contributed by atoms with Gasteiger partial charge in [0.2, 0.25) is 17.6 Å². The largest absolute Gasteiger partial charge is 0.493 e. The summed E-state index contributed by atoms with van der Waals surface area (Å²) in [4.78, 5) is 29.7. The molecule has 11 heteroatoms. The van der Waals surface area contributed by atoms with Crippen LogP contribution in [0.25, 0.3) is 11.4 Å². The molecule has 186 valence electrons. The zero-order valence-corrected chi connectivity index (χ0v) is 20.8. The zero-order chi connectivity index (χ0) is 24.6. The van der Waals surface area contributed by atoms with Gasteiger partial charge in [-0.3, -0.25) is 9.59 Å². The summed E-state index contributed by atoms with van der Waals surface area (Å²) < 4.78 is 10.6. The van der Waals surface area contributed by atoms with Gasteiger partial charge in [-0.05, 0) is 47.7 Å². The topological polar surface area (TPSA) is 111 Å². The van der Waals surface area contributed by atoms with Crippen molar-refractivity contribution in [1.29, 1.82) is 0 Å². The van der Waals surface area contributed by atoms with E-state index >= 15 is 0 Å². The number of thiophene rings is 1. The van der Waals surface area contributed by atoms with E-state index in [0.717, 1.165) is 30.6 Å². The summed E-state index contributed by atoms with van der Waals surface area (Å²) >= 11 is 1.55. The number of rotatable bonds is 10. The number of hydrogen-bond acceptors (Lipinski definition) is 8. The Morgan fingerprint density at radius 3 is 2.66 bits per heavy atom. The van der Waals surface area contributed by atoms with E-state index in [0.29, 0.717) is 29.4 Å². The molecule has 10 nitrogen and oxygen atoms in total. The number of nitrogens with one attached hydrogen (secondary N) is 1. The number of aromatic nitrogens is 4. The first-order chi connectivity index (χ1) is 17.1. The number of nitrogens with zero attached hydrogens (tertiary/aromatic N) is 5. The Bertz CT molecular complexity index is 1130. The highest BCUT2D eigenvalue weighted by molar-refractivity contribution is 7.09. The van der Waals surface area contributed by atoms with Crippen LogP contribution in [0.3, 0.4) is 0 Å². The van der Waals surface area contributed by atoms with Crippen molar-refractivity contribution in [2.24, 2.45) is 0 Å². The molecule has 1 aliphatic carbocycles. The molecule has 1 aliphatic rings. The molecule has 0 aliphatic heterocycles. The normalized spacial score (nSPS) is 13.9. The van der Waals surface area contributed by atoms with Crippen molar-refractivity contribution in [3.8, 4) is 22.9 Å². The third kappa shape index (κ3) is 6.56. The Hall–Kier alpha value is -3.47. The summed E-state index contributed by atoms with van der Waals surface area (Å²) in [5, 5.41) is 17.5. The van der Waals surface area contributed by atoms with E-state index in [1.54, 1.807) is 48.7 Å². The monoisotopic (exact) mass is 498 g/mol. The fourth-order valence-corrected chi connectivity index (χ4v) is 4.86. The van der Waals surface area contributed by atoms with Gasteiger partial charge in [0.05, 0.1) is 27.3 Å². The second-order valence-electron chi connectivity index (χ2n) is 8.44. The summed E-state index contributed by atoms with van der Waals surface area (Å²) in [5.74, 6) is 1.10. The van der Waals surface area contributed by atoms with Crippen molar-refractivity contribution in [2.45, 2.75) is 51.2 Å². The molecular weight excluding hydrogens is 468 g/mol. The average Bonchev–Trinajstić information content (AvgIpc) is 3.56. The molecule has 0 saturated heterocycles. The fourth-order valence-electron chi connectivity index (χ4n) is 4.14. The van der Waals surface area contributed by atoms with Crippen molar-refractivity contribution in [3.05, 3.63) is 40.6 Å². The maximum atomic E-state index is 13.2. The van der Waals surface area contributed by atoms with Crippen LogP contribution in [0.1, 0.15) is 37.0 Å². The lowest BCUT2D eigenvalue weighted by atomic mass is 9.95. The van der Waals surface area contributed by atoms with Crippen LogP contribution in [-0.4, -0.2) is 63.7 Å². The lowest BCUT2D eigenvalue weighted by molar-refractivity contribution is -0.137. The fraction of sp³-hybridized carbons (Fsp3) is 0.458. The van der Waals surface area contributed by atoms with Crippen LogP contribution in [0.4, 0.5) is 0 Å². The van der Waals surface area contributed by atoms with E-state index in [4.69, 9.17) is 9.47 Å². The standard InChI is InChI=1S/C24H30N6O4S/c1-33-20-11-10-17(13-21(20)34-2)24-26-28-30(27-24)16-23(32)29(14-19-9-6-12-35-19)15-22(31)25-18-7-4-3-5-8-18/h6,9-13,18H,3-5,7-8,14-16H2,1-2H3,(H,25,31). The molecule has 1 saturated carbocycles. The lowest BCUT2D eigenvalue weighted by Gasteiger charge is -2.26. The maximum Gasteiger partial charge on any atom is 0.247 e. The van der Waals surface area contributed by atoms with Gasteiger partial charge >= 0.3 is 0 Å². The third-order valence-corrected chi connectivity index (χ3v) is 6.82. The second kappa shape index (κ2) is 11.8. The summed E-state index contributed by atoms with van der Waals surface area (Å²) in [5.41, 5.74) is 0.684. The van der Waals surface area contributed by atoms with Crippen molar-refractivity contribution in [2.75, 3.05) is 20.8 Å². The summed E-state index contributed by atoms with van der Waals surface area (Å²) in [7, 11) is 3.12. The highest BCUT2D eigenvalue weighted by Gasteiger charge is 2.22. The Morgan fingerprint density at radius 2 is 1.94 bits per heavy atom. The van der Waals surface area contributed by atoms with Gasteiger partial charge in [-0.1, -0.05) is 25.3 Å². The first-order valence-corrected chi connectivity index (χ1v) is 12.5. The number of tetrazole rings is 1. The molecular formula is C24H30N6O4S. The molecule has 2 amide bonds. The van der Waals surface area contributed by atoms with Crippen LogP contribution in [0.2, 0.25) is 0 Å². The van der Waals surface area contributed by atoms with Gasteiger partial charge < -0.3 is 19.7 Å². The van der Waals surface area contributed by atoms with E-state index in [1.807, 2.05) is 17.5 Å². The van der Waals surface area contributed by atoms with E-state index in [9.17, 15) is 9.59 Å². The average molecular weight is 499 g/mol. The Morgan fingerprint density at radius 1 is 1.14 bits per heavy atom. The first-order valence-electron chi connectivity index (χ1n) is 11.7. The minimum Gasteiger partial charge on any atom is -0.493 e. The van der Waals surface area contributed by atoms with Crippen LogP contribution in [0, 0.1) is 0 Å². The number of carbonyl (C=O) groups is 2. The molecule has 1 fully saturated rings. The van der Waals surface area contributed by atoms with Crippen LogP contribution < -0.4 is 14.8 Å². The number of methoxy groups -OCH3 is 2. The smallest absolute Gasteiger partial charge is 0.247 e. The molecule has 0 bridgehead atoms.